The number of nitrogens with one attached hydrogen (secondary N) is 1. The topological polar surface area (TPSA) is 115 Å². The summed E-state index contributed by atoms with van der Waals surface area (Å²) in [5, 5.41) is 0. The maximum absolute atomic E-state index is 12.4. The summed E-state index contributed by atoms with van der Waals surface area (Å²) in [4.78, 5) is 11.2. The smallest absolute Gasteiger partial charge is 0.262 e. The number of benzene rings is 2. The van der Waals surface area contributed by atoms with E-state index in [2.05, 4.69) is 4.72 Å². The summed E-state index contributed by atoms with van der Waals surface area (Å²) in [6.07, 6.45) is 0. The summed E-state index contributed by atoms with van der Waals surface area (Å²) in [6, 6.07) is 10.6. The van der Waals surface area contributed by atoms with Crippen LogP contribution in [0.15, 0.2) is 47.4 Å². The first-order chi connectivity index (χ1) is 9.79. The van der Waals surface area contributed by atoms with Crippen LogP contribution in [0.3, 0.4) is 0 Å². The molecule has 0 aromatic heterocycles. The van der Waals surface area contributed by atoms with Crippen LogP contribution in [0, 0.1) is 6.92 Å². The Morgan fingerprint density at radius 1 is 1.14 bits per heavy atom. The van der Waals surface area contributed by atoms with Gasteiger partial charge in [-0.1, -0.05) is 12.1 Å². The van der Waals surface area contributed by atoms with Crippen molar-refractivity contribution in [3.63, 3.8) is 0 Å². The summed E-state index contributed by atoms with van der Waals surface area (Å²) in [7, 11) is -3.79. The Balaban J connectivity index is 2.40. The third-order valence-corrected chi connectivity index (χ3v) is 4.42. The molecule has 5 N–H and O–H groups in total. The largest absolute Gasteiger partial charge is 0.399 e. The van der Waals surface area contributed by atoms with Gasteiger partial charge in [0.2, 0.25) is 5.91 Å². The maximum atomic E-state index is 12.4. The van der Waals surface area contributed by atoms with Crippen LogP contribution in [-0.4, -0.2) is 14.3 Å². The molecule has 0 radical (unpaired) electrons. The van der Waals surface area contributed by atoms with Crippen molar-refractivity contribution in [2.75, 3.05) is 10.5 Å². The lowest BCUT2D eigenvalue weighted by molar-refractivity contribution is 0.100. The molecule has 2 aromatic carbocycles. The molecule has 2 aromatic rings. The molecule has 6 nitrogen and oxygen atoms in total. The summed E-state index contributed by atoms with van der Waals surface area (Å²) < 4.78 is 27.2. The Morgan fingerprint density at radius 3 is 2.52 bits per heavy atom. The number of hydrogen-bond donors (Lipinski definition) is 3. The standard InChI is InChI=1S/C14H15N3O3S/c1-9-5-6-11(15)8-13(9)21(19,20)17-12-4-2-3-10(7-12)14(16)18/h2-8,17H,15H2,1H3,(H2,16,18). The minimum Gasteiger partial charge on any atom is -0.399 e. The van der Waals surface area contributed by atoms with Gasteiger partial charge in [0.15, 0.2) is 0 Å². The number of nitrogen functional groups attached to an aromatic ring is 1. The van der Waals surface area contributed by atoms with Crippen LogP contribution in [0.1, 0.15) is 15.9 Å². The average molecular weight is 305 g/mol. The van der Waals surface area contributed by atoms with E-state index in [9.17, 15) is 13.2 Å². The Morgan fingerprint density at radius 2 is 1.86 bits per heavy atom. The second kappa shape index (κ2) is 5.45. The van der Waals surface area contributed by atoms with E-state index in [-0.39, 0.29) is 16.1 Å². The minimum atomic E-state index is -3.79. The molecule has 0 spiro atoms. The van der Waals surface area contributed by atoms with Crippen molar-refractivity contribution in [3.8, 4) is 0 Å². The first-order valence-electron chi connectivity index (χ1n) is 6.08. The number of hydrogen-bond acceptors (Lipinski definition) is 4. The first-order valence-corrected chi connectivity index (χ1v) is 7.57. The van der Waals surface area contributed by atoms with Crippen LogP contribution in [0.4, 0.5) is 11.4 Å². The molecule has 0 aliphatic carbocycles. The summed E-state index contributed by atoms with van der Waals surface area (Å²) >= 11 is 0. The van der Waals surface area contributed by atoms with Gasteiger partial charge in [0.25, 0.3) is 10.0 Å². The van der Waals surface area contributed by atoms with E-state index in [0.29, 0.717) is 11.3 Å². The Hall–Kier alpha value is -2.54. The number of amides is 1. The van der Waals surface area contributed by atoms with Crippen molar-refractivity contribution < 1.29 is 13.2 Å². The molecule has 0 atom stereocenters. The molecule has 0 aliphatic heterocycles. The fourth-order valence-corrected chi connectivity index (χ4v) is 3.18. The SMILES string of the molecule is Cc1ccc(N)cc1S(=O)(=O)Nc1cccc(C(N)=O)c1. The number of rotatable bonds is 4. The summed E-state index contributed by atoms with van der Waals surface area (Å²) in [6.45, 7) is 1.67. The van der Waals surface area contributed by atoms with Crippen LogP contribution >= 0.6 is 0 Å². The van der Waals surface area contributed by atoms with Gasteiger partial charge >= 0.3 is 0 Å². The molecule has 2 rings (SSSR count). The predicted octanol–water partition coefficient (Wildman–Crippen LogP) is 1.48. The van der Waals surface area contributed by atoms with Crippen molar-refractivity contribution in [2.45, 2.75) is 11.8 Å². The monoisotopic (exact) mass is 305 g/mol. The van der Waals surface area contributed by atoms with Crippen molar-refractivity contribution in [1.29, 1.82) is 0 Å². The molecule has 0 unspecified atom stereocenters. The van der Waals surface area contributed by atoms with Gasteiger partial charge in [0.05, 0.1) is 4.90 Å². The van der Waals surface area contributed by atoms with Gasteiger partial charge in [-0.2, -0.15) is 0 Å². The van der Waals surface area contributed by atoms with Gasteiger partial charge < -0.3 is 11.5 Å². The van der Waals surface area contributed by atoms with Crippen molar-refractivity contribution in [1.82, 2.24) is 0 Å². The van der Waals surface area contributed by atoms with Crippen LogP contribution < -0.4 is 16.2 Å². The van der Waals surface area contributed by atoms with Gasteiger partial charge in [-0.15, -0.1) is 0 Å². The highest BCUT2D eigenvalue weighted by atomic mass is 32.2. The minimum absolute atomic E-state index is 0.0898. The fraction of sp³-hybridized carbons (Fsp3) is 0.0714. The van der Waals surface area contributed by atoms with E-state index >= 15 is 0 Å². The molecule has 0 saturated carbocycles. The summed E-state index contributed by atoms with van der Waals surface area (Å²) in [5.41, 5.74) is 12.2. The van der Waals surface area contributed by atoms with Gasteiger partial charge in [0.1, 0.15) is 0 Å². The zero-order valence-corrected chi connectivity index (χ0v) is 12.1. The molecule has 0 aliphatic rings. The highest BCUT2D eigenvalue weighted by Crippen LogP contribution is 2.22. The van der Waals surface area contributed by atoms with Crippen molar-refractivity contribution >= 4 is 27.3 Å². The molecule has 0 fully saturated rings. The molecule has 7 heteroatoms. The van der Waals surface area contributed by atoms with Gasteiger partial charge in [-0.3, -0.25) is 9.52 Å². The summed E-state index contributed by atoms with van der Waals surface area (Å²) in [5.74, 6) is -0.629. The van der Waals surface area contributed by atoms with Gasteiger partial charge in [-0.25, -0.2) is 8.42 Å². The van der Waals surface area contributed by atoms with Crippen LogP contribution in [0.5, 0.6) is 0 Å². The Kier molecular flexibility index (Phi) is 3.86. The molecule has 1 amide bonds. The lowest BCUT2D eigenvalue weighted by Gasteiger charge is -2.11. The highest BCUT2D eigenvalue weighted by Gasteiger charge is 2.17. The number of carbonyl (C=O) groups is 1. The van der Waals surface area contributed by atoms with Crippen LogP contribution in [0.25, 0.3) is 0 Å². The molecule has 0 heterocycles. The number of sulfonamides is 1. The number of anilines is 2. The number of aryl methyl sites for hydroxylation is 1. The third kappa shape index (κ3) is 3.32. The van der Waals surface area contributed by atoms with Gasteiger partial charge in [-0.05, 0) is 42.8 Å². The van der Waals surface area contributed by atoms with Crippen LogP contribution in [0.2, 0.25) is 0 Å². The first kappa shape index (κ1) is 14.9. The molecule has 21 heavy (non-hydrogen) atoms. The van der Waals surface area contributed by atoms with E-state index in [1.165, 1.54) is 24.3 Å². The normalized spacial score (nSPS) is 11.1. The van der Waals surface area contributed by atoms with E-state index in [0.717, 1.165) is 0 Å². The van der Waals surface area contributed by atoms with Crippen molar-refractivity contribution in [3.05, 3.63) is 53.6 Å². The molecular weight excluding hydrogens is 290 g/mol. The Bertz CT molecular complexity index is 801. The van der Waals surface area contributed by atoms with Crippen LogP contribution in [-0.2, 0) is 10.0 Å². The second-order valence-corrected chi connectivity index (χ2v) is 6.23. The zero-order chi connectivity index (χ0) is 15.6. The maximum Gasteiger partial charge on any atom is 0.262 e. The lowest BCUT2D eigenvalue weighted by Crippen LogP contribution is -2.16. The fourth-order valence-electron chi connectivity index (χ4n) is 1.85. The van der Waals surface area contributed by atoms with E-state index in [1.54, 1.807) is 25.1 Å². The zero-order valence-electron chi connectivity index (χ0n) is 11.3. The predicted molar refractivity (Wildman–Crippen MR) is 81.4 cm³/mol. The average Bonchev–Trinajstić information content (AvgIpc) is 2.41. The highest BCUT2D eigenvalue weighted by molar-refractivity contribution is 7.92. The third-order valence-electron chi connectivity index (χ3n) is 2.90. The number of primary amides is 1. The van der Waals surface area contributed by atoms with Gasteiger partial charge in [0, 0.05) is 16.9 Å². The molecule has 0 saturated heterocycles. The molecular formula is C14H15N3O3S. The Labute approximate surface area is 122 Å². The van der Waals surface area contributed by atoms with E-state index < -0.39 is 15.9 Å². The molecule has 110 valence electrons. The number of carbonyl (C=O) groups excluding carboxylic acids is 1. The lowest BCUT2D eigenvalue weighted by atomic mass is 10.2. The second-order valence-electron chi connectivity index (χ2n) is 4.58. The molecule has 0 bridgehead atoms. The quantitative estimate of drug-likeness (QED) is 0.742. The van der Waals surface area contributed by atoms with E-state index in [4.69, 9.17) is 11.5 Å². The number of nitrogens with two attached hydrogens (primary N) is 2. The van der Waals surface area contributed by atoms with E-state index in [1.807, 2.05) is 0 Å². The van der Waals surface area contributed by atoms with Crippen molar-refractivity contribution in [2.24, 2.45) is 5.73 Å².